The van der Waals surface area contributed by atoms with Crippen molar-refractivity contribution in [1.82, 2.24) is 5.32 Å². The molecule has 0 radical (unpaired) electrons. The van der Waals surface area contributed by atoms with Gasteiger partial charge in [0.2, 0.25) is 0 Å². The Morgan fingerprint density at radius 2 is 1.62 bits per heavy atom. The summed E-state index contributed by atoms with van der Waals surface area (Å²) in [4.78, 5) is 12.3. The first-order chi connectivity index (χ1) is 13.9. The minimum atomic E-state index is -3.90. The quantitative estimate of drug-likeness (QED) is 0.550. The summed E-state index contributed by atoms with van der Waals surface area (Å²) >= 11 is 0. The van der Waals surface area contributed by atoms with Gasteiger partial charge in [0, 0.05) is 17.8 Å². The molecule has 3 rings (SSSR count). The number of halogens is 1. The number of rotatable bonds is 8. The molecule has 3 aromatic rings. The van der Waals surface area contributed by atoms with Crippen molar-refractivity contribution in [3.63, 3.8) is 0 Å². The van der Waals surface area contributed by atoms with Crippen molar-refractivity contribution >= 4 is 21.6 Å². The zero-order chi connectivity index (χ0) is 20.7. The van der Waals surface area contributed by atoms with Crippen molar-refractivity contribution in [3.05, 3.63) is 95.8 Å². The molecule has 0 saturated carbocycles. The highest BCUT2D eigenvalue weighted by atomic mass is 32.2. The van der Waals surface area contributed by atoms with Gasteiger partial charge >= 0.3 is 0 Å². The average molecular weight is 412 g/mol. The fourth-order valence-electron chi connectivity index (χ4n) is 2.78. The molecule has 3 aromatic carbocycles. The van der Waals surface area contributed by atoms with Crippen LogP contribution in [-0.2, 0) is 16.4 Å². The third-order valence-corrected chi connectivity index (χ3v) is 5.65. The summed E-state index contributed by atoms with van der Waals surface area (Å²) in [5.41, 5.74) is 1.69. The van der Waals surface area contributed by atoms with Crippen molar-refractivity contribution in [2.24, 2.45) is 0 Å². The van der Waals surface area contributed by atoms with E-state index in [1.807, 2.05) is 30.3 Å². The van der Waals surface area contributed by atoms with Gasteiger partial charge in [-0.2, -0.15) is 0 Å². The summed E-state index contributed by atoms with van der Waals surface area (Å²) in [6, 6.07) is 20.7. The molecule has 7 heteroatoms. The Morgan fingerprint density at radius 3 is 2.34 bits per heavy atom. The largest absolute Gasteiger partial charge is 0.352 e. The van der Waals surface area contributed by atoms with Crippen LogP contribution in [-0.4, -0.2) is 20.9 Å². The van der Waals surface area contributed by atoms with E-state index >= 15 is 0 Å². The molecule has 0 heterocycles. The van der Waals surface area contributed by atoms with Crippen molar-refractivity contribution in [1.29, 1.82) is 0 Å². The second-order valence-electron chi connectivity index (χ2n) is 6.49. The monoisotopic (exact) mass is 412 g/mol. The Kier molecular flexibility index (Phi) is 6.61. The normalized spacial score (nSPS) is 11.1. The highest BCUT2D eigenvalue weighted by Gasteiger charge is 2.16. The van der Waals surface area contributed by atoms with E-state index in [9.17, 15) is 17.6 Å². The van der Waals surface area contributed by atoms with Gasteiger partial charge in [-0.15, -0.1) is 0 Å². The first-order valence-corrected chi connectivity index (χ1v) is 10.6. The zero-order valence-electron chi connectivity index (χ0n) is 15.6. The summed E-state index contributed by atoms with van der Waals surface area (Å²) in [6.07, 6.45) is 1.62. The predicted molar refractivity (Wildman–Crippen MR) is 111 cm³/mol. The number of benzene rings is 3. The molecule has 0 bridgehead atoms. The van der Waals surface area contributed by atoms with Gasteiger partial charge in [0.1, 0.15) is 5.82 Å². The number of amides is 1. The van der Waals surface area contributed by atoms with Crippen molar-refractivity contribution in [2.75, 3.05) is 11.3 Å². The highest BCUT2D eigenvalue weighted by molar-refractivity contribution is 7.92. The third kappa shape index (κ3) is 5.89. The molecule has 0 atom stereocenters. The molecule has 0 fully saturated rings. The summed E-state index contributed by atoms with van der Waals surface area (Å²) in [7, 11) is -3.90. The summed E-state index contributed by atoms with van der Waals surface area (Å²) < 4.78 is 40.4. The SMILES string of the molecule is O=C(NCCCc1ccccc1)c1cccc(S(=O)(=O)Nc2ccc(F)cc2)c1. The van der Waals surface area contributed by atoms with E-state index in [1.165, 1.54) is 35.9 Å². The molecule has 0 saturated heterocycles. The maximum atomic E-state index is 13.0. The molecule has 0 aliphatic carbocycles. The molecule has 0 aliphatic rings. The average Bonchev–Trinajstić information content (AvgIpc) is 2.73. The van der Waals surface area contributed by atoms with E-state index in [0.29, 0.717) is 6.54 Å². The van der Waals surface area contributed by atoms with Crippen LogP contribution in [0, 0.1) is 5.82 Å². The van der Waals surface area contributed by atoms with Crippen LogP contribution in [0.1, 0.15) is 22.3 Å². The topological polar surface area (TPSA) is 75.3 Å². The molecule has 0 aromatic heterocycles. The standard InChI is InChI=1S/C22H21FN2O3S/c23-19-11-13-20(14-12-19)25-29(27,28)21-10-4-9-18(16-21)22(26)24-15-5-8-17-6-2-1-3-7-17/h1-4,6-7,9-14,16,25H,5,8,15H2,(H,24,26). The molecule has 150 valence electrons. The van der Waals surface area contributed by atoms with Crippen molar-refractivity contribution in [3.8, 4) is 0 Å². The van der Waals surface area contributed by atoms with Crippen LogP contribution in [0.4, 0.5) is 10.1 Å². The number of carbonyl (C=O) groups is 1. The number of anilines is 1. The molecule has 0 spiro atoms. The Labute approximate surface area is 169 Å². The fraction of sp³-hybridized carbons (Fsp3) is 0.136. The first kappa shape index (κ1) is 20.5. The molecule has 2 N–H and O–H groups in total. The fourth-order valence-corrected chi connectivity index (χ4v) is 3.88. The van der Waals surface area contributed by atoms with E-state index in [2.05, 4.69) is 10.0 Å². The molecule has 0 unspecified atom stereocenters. The van der Waals surface area contributed by atoms with E-state index in [1.54, 1.807) is 6.07 Å². The summed E-state index contributed by atoms with van der Waals surface area (Å²) in [5, 5.41) is 2.81. The second kappa shape index (κ2) is 9.34. The molecular formula is C22H21FN2O3S. The van der Waals surface area contributed by atoms with Crippen LogP contribution in [0.5, 0.6) is 0 Å². The van der Waals surface area contributed by atoms with Gasteiger partial charge < -0.3 is 5.32 Å². The van der Waals surface area contributed by atoms with E-state index < -0.39 is 15.8 Å². The van der Waals surface area contributed by atoms with Crippen LogP contribution >= 0.6 is 0 Å². The number of carbonyl (C=O) groups excluding carboxylic acids is 1. The van der Waals surface area contributed by atoms with Gasteiger partial charge in [-0.25, -0.2) is 12.8 Å². The minimum absolute atomic E-state index is 0.0428. The number of nitrogens with one attached hydrogen (secondary N) is 2. The second-order valence-corrected chi connectivity index (χ2v) is 8.17. The summed E-state index contributed by atoms with van der Waals surface area (Å²) in [5.74, 6) is -0.796. The van der Waals surface area contributed by atoms with E-state index in [0.717, 1.165) is 25.0 Å². The Morgan fingerprint density at radius 1 is 0.897 bits per heavy atom. The molecule has 29 heavy (non-hydrogen) atoms. The van der Waals surface area contributed by atoms with E-state index in [4.69, 9.17) is 0 Å². The maximum Gasteiger partial charge on any atom is 0.261 e. The van der Waals surface area contributed by atoms with Crippen LogP contribution in [0.3, 0.4) is 0 Å². The van der Waals surface area contributed by atoms with Gasteiger partial charge in [-0.05, 0) is 60.9 Å². The lowest BCUT2D eigenvalue weighted by Gasteiger charge is -2.10. The predicted octanol–water partition coefficient (Wildman–Crippen LogP) is 3.99. The molecular weight excluding hydrogens is 391 g/mol. The first-order valence-electron chi connectivity index (χ1n) is 9.15. The van der Waals surface area contributed by atoms with E-state index in [-0.39, 0.29) is 22.1 Å². The van der Waals surface area contributed by atoms with Crippen LogP contribution < -0.4 is 10.0 Å². The van der Waals surface area contributed by atoms with Crippen molar-refractivity contribution < 1.29 is 17.6 Å². The van der Waals surface area contributed by atoms with Gasteiger partial charge in [-0.1, -0.05) is 36.4 Å². The van der Waals surface area contributed by atoms with Gasteiger partial charge in [0.05, 0.1) is 4.90 Å². The number of sulfonamides is 1. The van der Waals surface area contributed by atoms with Crippen LogP contribution in [0.2, 0.25) is 0 Å². The van der Waals surface area contributed by atoms with Crippen molar-refractivity contribution in [2.45, 2.75) is 17.7 Å². The Hall–Kier alpha value is -3.19. The zero-order valence-corrected chi connectivity index (χ0v) is 16.5. The highest BCUT2D eigenvalue weighted by Crippen LogP contribution is 2.17. The minimum Gasteiger partial charge on any atom is -0.352 e. The Bertz CT molecular complexity index is 1070. The van der Waals surface area contributed by atoms with Gasteiger partial charge in [0.25, 0.3) is 15.9 Å². The summed E-state index contributed by atoms with van der Waals surface area (Å²) in [6.45, 7) is 0.485. The number of aryl methyl sites for hydroxylation is 1. The number of hydrogen-bond donors (Lipinski definition) is 2. The van der Waals surface area contributed by atoms with Gasteiger partial charge in [-0.3, -0.25) is 9.52 Å². The van der Waals surface area contributed by atoms with Crippen LogP contribution in [0.25, 0.3) is 0 Å². The molecule has 0 aliphatic heterocycles. The Balaban J connectivity index is 1.60. The lowest BCUT2D eigenvalue weighted by atomic mass is 10.1. The van der Waals surface area contributed by atoms with Crippen LogP contribution in [0.15, 0.2) is 83.8 Å². The molecule has 1 amide bonds. The van der Waals surface area contributed by atoms with Gasteiger partial charge in [0.15, 0.2) is 0 Å². The lowest BCUT2D eigenvalue weighted by molar-refractivity contribution is 0.0953. The third-order valence-electron chi connectivity index (χ3n) is 4.27. The maximum absolute atomic E-state index is 13.0. The number of hydrogen-bond acceptors (Lipinski definition) is 3. The lowest BCUT2D eigenvalue weighted by Crippen LogP contribution is -2.25. The smallest absolute Gasteiger partial charge is 0.261 e. The molecule has 5 nitrogen and oxygen atoms in total.